The zero-order chi connectivity index (χ0) is 12.6. The fourth-order valence-electron chi connectivity index (χ4n) is 1.19. The van der Waals surface area contributed by atoms with E-state index in [0.29, 0.717) is 15.6 Å². The number of nitrogens with one attached hydrogen (secondary N) is 1. The lowest BCUT2D eigenvalue weighted by Gasteiger charge is -1.97. The number of hydrogen-bond donors (Lipinski definition) is 2. The summed E-state index contributed by atoms with van der Waals surface area (Å²) in [5.41, 5.74) is 0.494. The van der Waals surface area contributed by atoms with E-state index in [1.165, 1.54) is 0 Å². The van der Waals surface area contributed by atoms with Gasteiger partial charge in [0.1, 0.15) is 0 Å². The quantitative estimate of drug-likeness (QED) is 0.874. The standard InChI is InChI=1S/C8H6Cl2N4O2S/c9-5-1-4(2-6(10)3-5)7-12-8(14-13-7)17(11,15)16/h1-3H,(H2,11,15,16)(H,12,13,14). The Labute approximate surface area is 107 Å². The molecule has 6 nitrogen and oxygen atoms in total. The molecule has 0 amide bonds. The summed E-state index contributed by atoms with van der Waals surface area (Å²) in [6.45, 7) is 0. The summed E-state index contributed by atoms with van der Waals surface area (Å²) >= 11 is 11.6. The van der Waals surface area contributed by atoms with Crippen molar-refractivity contribution in [3.8, 4) is 11.4 Å². The van der Waals surface area contributed by atoms with Gasteiger partial charge in [0.2, 0.25) is 0 Å². The Hall–Kier alpha value is -1.15. The van der Waals surface area contributed by atoms with E-state index in [-0.39, 0.29) is 5.82 Å². The normalized spacial score (nSPS) is 11.7. The maximum Gasteiger partial charge on any atom is 0.273 e. The van der Waals surface area contributed by atoms with Gasteiger partial charge in [-0.3, -0.25) is 0 Å². The molecular weight excluding hydrogens is 287 g/mol. The SMILES string of the molecule is NS(=O)(=O)c1nc(-c2cc(Cl)cc(Cl)c2)n[nH]1. The van der Waals surface area contributed by atoms with Gasteiger partial charge in [-0.1, -0.05) is 23.2 Å². The van der Waals surface area contributed by atoms with E-state index < -0.39 is 15.2 Å². The number of primary sulfonamides is 1. The van der Waals surface area contributed by atoms with Crippen molar-refractivity contribution in [3.05, 3.63) is 28.2 Å². The number of sulfonamides is 1. The van der Waals surface area contributed by atoms with Crippen LogP contribution in [0.4, 0.5) is 0 Å². The molecule has 0 spiro atoms. The minimum atomic E-state index is -3.91. The Morgan fingerprint density at radius 1 is 1.18 bits per heavy atom. The van der Waals surface area contributed by atoms with E-state index in [1.807, 2.05) is 0 Å². The molecule has 0 saturated heterocycles. The minimum absolute atomic E-state index is 0.151. The molecule has 0 aliphatic heterocycles. The molecular formula is C8H6Cl2N4O2S. The molecule has 1 aromatic heterocycles. The van der Waals surface area contributed by atoms with Gasteiger partial charge in [0.05, 0.1) is 0 Å². The molecule has 0 aliphatic carbocycles. The average molecular weight is 293 g/mol. The highest BCUT2D eigenvalue weighted by atomic mass is 35.5. The molecule has 2 rings (SSSR count). The van der Waals surface area contributed by atoms with Gasteiger partial charge < -0.3 is 0 Å². The summed E-state index contributed by atoms with van der Waals surface area (Å²) in [5.74, 6) is 0.151. The first kappa shape index (κ1) is 12.3. The van der Waals surface area contributed by atoms with Gasteiger partial charge in [-0.05, 0) is 18.2 Å². The van der Waals surface area contributed by atoms with Crippen LogP contribution >= 0.6 is 23.2 Å². The number of H-pyrrole nitrogens is 1. The molecule has 17 heavy (non-hydrogen) atoms. The van der Waals surface area contributed by atoms with Gasteiger partial charge in [-0.15, -0.1) is 0 Å². The van der Waals surface area contributed by atoms with Crippen molar-refractivity contribution in [3.63, 3.8) is 0 Å². The van der Waals surface area contributed by atoms with Crippen LogP contribution in [0.25, 0.3) is 11.4 Å². The monoisotopic (exact) mass is 292 g/mol. The van der Waals surface area contributed by atoms with Crippen LogP contribution in [0.3, 0.4) is 0 Å². The van der Waals surface area contributed by atoms with E-state index in [4.69, 9.17) is 28.3 Å². The summed E-state index contributed by atoms with van der Waals surface area (Å²) < 4.78 is 22.0. The van der Waals surface area contributed by atoms with Gasteiger partial charge >= 0.3 is 0 Å². The summed E-state index contributed by atoms with van der Waals surface area (Å²) in [4.78, 5) is 3.74. The Balaban J connectivity index is 2.51. The summed E-state index contributed by atoms with van der Waals surface area (Å²) in [7, 11) is -3.91. The highest BCUT2D eigenvalue weighted by Crippen LogP contribution is 2.25. The van der Waals surface area contributed by atoms with Gasteiger partial charge in [0.25, 0.3) is 15.2 Å². The second-order valence-corrected chi connectivity index (χ2v) is 5.52. The third-order valence-corrected chi connectivity index (χ3v) is 3.01. The number of benzene rings is 1. The van der Waals surface area contributed by atoms with Crippen molar-refractivity contribution < 1.29 is 8.42 Å². The Morgan fingerprint density at radius 2 is 1.76 bits per heavy atom. The average Bonchev–Trinajstić information content (AvgIpc) is 2.63. The van der Waals surface area contributed by atoms with Crippen molar-refractivity contribution in [2.24, 2.45) is 5.14 Å². The summed E-state index contributed by atoms with van der Waals surface area (Å²) in [6, 6.07) is 4.66. The number of hydrogen-bond acceptors (Lipinski definition) is 4. The lowest BCUT2D eigenvalue weighted by molar-refractivity contribution is 0.589. The fourth-order valence-corrected chi connectivity index (χ4v) is 2.10. The molecule has 0 aliphatic rings. The first-order valence-electron chi connectivity index (χ1n) is 4.28. The molecule has 0 radical (unpaired) electrons. The third kappa shape index (κ3) is 2.75. The third-order valence-electron chi connectivity index (χ3n) is 1.86. The van der Waals surface area contributed by atoms with Crippen molar-refractivity contribution in [1.29, 1.82) is 0 Å². The maximum absolute atomic E-state index is 11.0. The predicted molar refractivity (Wildman–Crippen MR) is 63.2 cm³/mol. The number of aromatic nitrogens is 3. The minimum Gasteiger partial charge on any atom is -0.248 e. The van der Waals surface area contributed by atoms with Gasteiger partial charge in [0.15, 0.2) is 5.82 Å². The smallest absolute Gasteiger partial charge is 0.248 e. The number of aromatic amines is 1. The van der Waals surface area contributed by atoms with Crippen LogP contribution in [-0.4, -0.2) is 23.6 Å². The highest BCUT2D eigenvalue weighted by Gasteiger charge is 2.15. The summed E-state index contributed by atoms with van der Waals surface area (Å²) in [6.07, 6.45) is 0. The largest absolute Gasteiger partial charge is 0.273 e. The number of nitrogens with two attached hydrogens (primary N) is 1. The van der Waals surface area contributed by atoms with Crippen LogP contribution in [0.15, 0.2) is 23.4 Å². The highest BCUT2D eigenvalue weighted by molar-refractivity contribution is 7.89. The maximum atomic E-state index is 11.0. The van der Waals surface area contributed by atoms with Crippen LogP contribution in [0.1, 0.15) is 0 Å². The van der Waals surface area contributed by atoms with Crippen molar-refractivity contribution in [2.75, 3.05) is 0 Å². The lowest BCUT2D eigenvalue weighted by Crippen LogP contribution is -2.13. The van der Waals surface area contributed by atoms with E-state index >= 15 is 0 Å². The molecule has 0 fully saturated rings. The van der Waals surface area contributed by atoms with E-state index in [0.717, 1.165) is 0 Å². The molecule has 1 heterocycles. The van der Waals surface area contributed by atoms with Crippen LogP contribution in [0.5, 0.6) is 0 Å². The number of halogens is 2. The molecule has 0 bridgehead atoms. The first-order chi connectivity index (χ1) is 7.86. The summed E-state index contributed by atoms with van der Waals surface area (Å²) in [5, 5.41) is 11.2. The molecule has 3 N–H and O–H groups in total. The van der Waals surface area contributed by atoms with E-state index in [9.17, 15) is 8.42 Å². The molecule has 1 aromatic carbocycles. The second kappa shape index (κ2) is 4.26. The molecule has 90 valence electrons. The first-order valence-corrected chi connectivity index (χ1v) is 6.58. The molecule has 9 heteroatoms. The zero-order valence-corrected chi connectivity index (χ0v) is 10.5. The van der Waals surface area contributed by atoms with E-state index in [2.05, 4.69) is 15.2 Å². The number of rotatable bonds is 2. The molecule has 0 atom stereocenters. The van der Waals surface area contributed by atoms with Crippen LogP contribution in [0.2, 0.25) is 10.0 Å². The van der Waals surface area contributed by atoms with Gasteiger partial charge in [-0.2, -0.15) is 10.1 Å². The molecule has 2 aromatic rings. The Kier molecular flexibility index (Phi) is 3.09. The van der Waals surface area contributed by atoms with E-state index in [1.54, 1.807) is 18.2 Å². The van der Waals surface area contributed by atoms with Crippen LogP contribution in [0, 0.1) is 0 Å². The fraction of sp³-hybridized carbons (Fsp3) is 0. The van der Waals surface area contributed by atoms with Gasteiger partial charge in [0, 0.05) is 15.6 Å². The molecule has 0 unspecified atom stereocenters. The van der Waals surface area contributed by atoms with Crippen molar-refractivity contribution >= 4 is 33.2 Å². The molecule has 0 saturated carbocycles. The van der Waals surface area contributed by atoms with Crippen molar-refractivity contribution in [1.82, 2.24) is 15.2 Å². The lowest BCUT2D eigenvalue weighted by atomic mass is 10.2. The predicted octanol–water partition coefficient (Wildman–Crippen LogP) is 1.43. The van der Waals surface area contributed by atoms with Crippen molar-refractivity contribution in [2.45, 2.75) is 5.16 Å². The Morgan fingerprint density at radius 3 is 2.24 bits per heavy atom. The zero-order valence-electron chi connectivity index (χ0n) is 8.18. The number of nitrogens with zero attached hydrogens (tertiary/aromatic N) is 2. The Bertz CT molecular complexity index is 648. The van der Waals surface area contributed by atoms with Crippen LogP contribution in [-0.2, 0) is 10.0 Å². The van der Waals surface area contributed by atoms with Gasteiger partial charge in [-0.25, -0.2) is 18.7 Å². The van der Waals surface area contributed by atoms with Crippen LogP contribution < -0.4 is 5.14 Å². The second-order valence-electron chi connectivity index (χ2n) is 3.17. The topological polar surface area (TPSA) is 102 Å².